The van der Waals surface area contributed by atoms with Gasteiger partial charge < -0.3 is 23.0 Å². The van der Waals surface area contributed by atoms with Gasteiger partial charge in [0.05, 0.1) is 50.7 Å². The third-order valence-corrected chi connectivity index (χ3v) is 13.1. The number of aromatic nitrogens is 6. The molecule has 0 saturated heterocycles. The van der Waals surface area contributed by atoms with Crippen molar-refractivity contribution in [1.29, 1.82) is 0 Å². The van der Waals surface area contributed by atoms with Gasteiger partial charge in [0.2, 0.25) is 0 Å². The molecule has 0 spiro atoms. The first kappa shape index (κ1) is 39.8. The Kier molecular flexibility index (Phi) is 9.27. The molecule has 0 amide bonds. The average Bonchev–Trinajstić information content (AvgIpc) is 4.13. The summed E-state index contributed by atoms with van der Waals surface area (Å²) in [5.41, 5.74) is 12.4. The molecule has 0 aliphatic carbocycles. The fourth-order valence-electron chi connectivity index (χ4n) is 10.2. The van der Waals surface area contributed by atoms with Crippen LogP contribution in [-0.2, 0) is 21.1 Å². The average molecular weight is 1050 g/mol. The Labute approximate surface area is 404 Å². The van der Waals surface area contributed by atoms with E-state index in [1.54, 1.807) is 0 Å². The maximum Gasteiger partial charge on any atom is 0.268 e. The molecule has 0 fully saturated rings. The van der Waals surface area contributed by atoms with E-state index in [1.165, 1.54) is 16.2 Å². The van der Waals surface area contributed by atoms with Crippen LogP contribution in [0.3, 0.4) is 0 Å². The van der Waals surface area contributed by atoms with Crippen LogP contribution < -0.4 is 9.30 Å². The van der Waals surface area contributed by atoms with Gasteiger partial charge in [0.1, 0.15) is 5.82 Å². The summed E-state index contributed by atoms with van der Waals surface area (Å²) in [5, 5.41) is 6.91. The molecule has 0 unspecified atom stereocenters. The number of benzene rings is 9. The molecule has 9 aromatic carbocycles. The van der Waals surface area contributed by atoms with Gasteiger partial charge in [0.25, 0.3) is 6.33 Å². The fourth-order valence-corrected chi connectivity index (χ4v) is 10.2. The summed E-state index contributed by atoms with van der Waals surface area (Å²) in [6.45, 7) is 0. The molecule has 0 radical (unpaired) electrons. The first-order valence-electron chi connectivity index (χ1n) is 22.4. The second-order valence-corrected chi connectivity index (χ2v) is 16.8. The zero-order chi connectivity index (χ0) is 44.0. The summed E-state index contributed by atoms with van der Waals surface area (Å²) in [6, 6.07) is 81.2. The Hall–Kier alpha value is -8.51. The van der Waals surface area contributed by atoms with Gasteiger partial charge in [0, 0.05) is 65.3 Å². The van der Waals surface area contributed by atoms with Crippen LogP contribution in [0.1, 0.15) is 0 Å². The molecule has 0 bridgehead atoms. The number of rotatable bonds is 7. The van der Waals surface area contributed by atoms with Crippen molar-refractivity contribution in [2.24, 2.45) is 0 Å². The van der Waals surface area contributed by atoms with Crippen molar-refractivity contribution in [1.82, 2.24) is 23.3 Å². The van der Waals surface area contributed by atoms with Crippen LogP contribution in [0.15, 0.2) is 219 Å². The van der Waals surface area contributed by atoms with E-state index in [9.17, 15) is 0 Å². The molecular formula is C60H36N6OPt-2. The predicted molar refractivity (Wildman–Crippen MR) is 269 cm³/mol. The summed E-state index contributed by atoms with van der Waals surface area (Å²) in [6.07, 6.45) is 5.72. The monoisotopic (exact) mass is 1050 g/mol. The van der Waals surface area contributed by atoms with E-state index in [0.29, 0.717) is 11.5 Å². The number of hydrogen-bond acceptors (Lipinski definition) is 2. The number of nitrogens with zero attached hydrogens (tertiary/aromatic N) is 6. The normalized spacial score (nSPS) is 11.7. The van der Waals surface area contributed by atoms with Crippen molar-refractivity contribution in [3.8, 4) is 40.1 Å². The van der Waals surface area contributed by atoms with E-state index >= 15 is 0 Å². The quantitative estimate of drug-likeness (QED) is 0.118. The zero-order valence-electron chi connectivity index (χ0n) is 36.2. The van der Waals surface area contributed by atoms with E-state index in [-0.39, 0.29) is 21.1 Å². The molecule has 0 aliphatic heterocycles. The Balaban J connectivity index is 0.00000457. The summed E-state index contributed by atoms with van der Waals surface area (Å²) in [5.74, 6) is 1.94. The molecule has 8 heteroatoms. The Morgan fingerprint density at radius 2 is 1.00 bits per heavy atom. The Morgan fingerprint density at radius 3 is 1.74 bits per heavy atom. The van der Waals surface area contributed by atoms with Crippen LogP contribution in [0.25, 0.3) is 105 Å². The third-order valence-electron chi connectivity index (χ3n) is 13.1. The third kappa shape index (κ3) is 6.09. The van der Waals surface area contributed by atoms with Gasteiger partial charge in [0.15, 0.2) is 0 Å². The molecule has 14 rings (SSSR count). The topological polar surface area (TPSA) is 45.7 Å². The summed E-state index contributed by atoms with van der Waals surface area (Å²) >= 11 is 0. The molecule has 7 nitrogen and oxygen atoms in total. The van der Waals surface area contributed by atoms with Gasteiger partial charge in [-0.2, -0.15) is 18.2 Å². The SMILES string of the molecule is [Pt].[c-]1c(Oc2[c-]c3c(cc2)c2ccccc2n3-c2cc3c4ccccc4n(-c4ccccc4)c3cn2)cccc1-n1[c-][n+](-c2ccccc2-n2c3ccccc3c3ccccc32)c2ccccc21. The Bertz CT molecular complexity index is 4220. The zero-order valence-corrected chi connectivity index (χ0v) is 38.5. The second kappa shape index (κ2) is 15.8. The first-order chi connectivity index (χ1) is 33.2. The van der Waals surface area contributed by atoms with E-state index in [1.807, 2.05) is 36.5 Å². The van der Waals surface area contributed by atoms with Crippen molar-refractivity contribution < 1.29 is 30.4 Å². The molecule has 0 N–H and O–H groups in total. The van der Waals surface area contributed by atoms with E-state index in [0.717, 1.165) is 88.9 Å². The smallest absolute Gasteiger partial charge is 0.268 e. The Morgan fingerprint density at radius 1 is 0.426 bits per heavy atom. The van der Waals surface area contributed by atoms with Crippen LogP contribution in [-0.4, -0.2) is 23.3 Å². The fraction of sp³-hybridized carbons (Fsp3) is 0. The minimum absolute atomic E-state index is 0. The van der Waals surface area contributed by atoms with Crippen molar-refractivity contribution in [3.63, 3.8) is 0 Å². The molecule has 0 saturated carbocycles. The molecule has 5 aromatic heterocycles. The number of pyridine rings is 1. The number of ether oxygens (including phenoxy) is 1. The van der Waals surface area contributed by atoms with E-state index in [4.69, 9.17) is 9.72 Å². The van der Waals surface area contributed by atoms with Gasteiger partial charge in [-0.15, -0.1) is 29.7 Å². The molecule has 5 heterocycles. The van der Waals surface area contributed by atoms with E-state index < -0.39 is 0 Å². The second-order valence-electron chi connectivity index (χ2n) is 16.8. The summed E-state index contributed by atoms with van der Waals surface area (Å²) in [4.78, 5) is 5.15. The summed E-state index contributed by atoms with van der Waals surface area (Å²) in [7, 11) is 0. The molecular weight excluding hydrogens is 1020 g/mol. The molecule has 14 aromatic rings. The van der Waals surface area contributed by atoms with E-state index in [2.05, 4.69) is 223 Å². The van der Waals surface area contributed by atoms with Crippen LogP contribution in [0.4, 0.5) is 0 Å². The van der Waals surface area contributed by atoms with Gasteiger partial charge in [-0.3, -0.25) is 4.57 Å². The predicted octanol–water partition coefficient (Wildman–Crippen LogP) is 13.8. The minimum atomic E-state index is 0. The summed E-state index contributed by atoms with van der Waals surface area (Å²) < 4.78 is 17.7. The standard InChI is InChI=1S/C60H36N6O.Pt/c1-2-17-40(18-3-1)64-50-25-8-7-24-47(50)49-37-60(61-38-59(49)64)66-53-28-11-6-23-46(53)48-34-33-43(36-58(48)66)67-42-20-16-19-41(35-42)62-39-63(55-30-13-12-29-54(55)62)56-31-14-15-32-57(56)65-51-26-9-4-21-44(51)45-22-5-10-27-52(45)65;/h1-34,37-38H;/q-2;. The van der Waals surface area contributed by atoms with Gasteiger partial charge in [-0.1, -0.05) is 133 Å². The molecule has 0 aliphatic rings. The molecule has 68 heavy (non-hydrogen) atoms. The minimum Gasteiger partial charge on any atom is -0.510 e. The number of fused-ring (bicyclic) bond motifs is 10. The number of hydrogen-bond donors (Lipinski definition) is 0. The number of imidazole rings is 1. The van der Waals surface area contributed by atoms with Gasteiger partial charge in [-0.05, 0) is 65.7 Å². The van der Waals surface area contributed by atoms with Crippen molar-refractivity contribution in [3.05, 3.63) is 237 Å². The van der Waals surface area contributed by atoms with Crippen molar-refractivity contribution in [2.75, 3.05) is 0 Å². The van der Waals surface area contributed by atoms with Crippen LogP contribution in [0.2, 0.25) is 0 Å². The van der Waals surface area contributed by atoms with Gasteiger partial charge in [-0.25, -0.2) is 4.98 Å². The van der Waals surface area contributed by atoms with Crippen molar-refractivity contribution >= 4 is 76.5 Å². The molecule has 0 atom stereocenters. The largest absolute Gasteiger partial charge is 0.510 e. The van der Waals surface area contributed by atoms with Crippen LogP contribution >= 0.6 is 0 Å². The maximum atomic E-state index is 6.68. The van der Waals surface area contributed by atoms with Crippen molar-refractivity contribution in [2.45, 2.75) is 0 Å². The maximum absolute atomic E-state index is 6.68. The van der Waals surface area contributed by atoms with Gasteiger partial charge >= 0.3 is 0 Å². The number of para-hydroxylation sites is 9. The van der Waals surface area contributed by atoms with Crippen LogP contribution in [0.5, 0.6) is 11.5 Å². The molecule has 324 valence electrons. The first-order valence-corrected chi connectivity index (χ1v) is 22.4. The van der Waals surface area contributed by atoms with Crippen LogP contribution in [0, 0.1) is 18.5 Å².